The summed E-state index contributed by atoms with van der Waals surface area (Å²) < 4.78 is 22.6. The number of hydrogen-bond donors (Lipinski definition) is 4. The minimum Gasteiger partial charge on any atom is -0.387 e. The zero-order valence-electron chi connectivity index (χ0n) is 12.1. The van der Waals surface area contributed by atoms with Crippen molar-refractivity contribution in [2.75, 3.05) is 6.61 Å². The van der Waals surface area contributed by atoms with Gasteiger partial charge < -0.3 is 30.1 Å². The van der Waals surface area contributed by atoms with Crippen LogP contribution >= 0.6 is 7.60 Å². The molecule has 0 aliphatic carbocycles. The molecule has 3 unspecified atom stereocenters. The molecule has 0 aromatic carbocycles. The molecular formula is C11H17N4O7P. The Hall–Kier alpha value is -1.62. The second-order valence-electron chi connectivity index (χ2n) is 4.71. The highest BCUT2D eigenvalue weighted by molar-refractivity contribution is 7.56. The molecule has 0 saturated carbocycles. The molecule has 1 aromatic rings. The first kappa shape index (κ1) is 17.7. The van der Waals surface area contributed by atoms with E-state index in [1.54, 1.807) is 6.92 Å². The third-order valence-electron chi connectivity index (χ3n) is 3.04. The summed E-state index contributed by atoms with van der Waals surface area (Å²) in [6.07, 6.45) is -2.74. The van der Waals surface area contributed by atoms with E-state index in [9.17, 15) is 24.5 Å². The van der Waals surface area contributed by atoms with Gasteiger partial charge in [0.15, 0.2) is 6.23 Å². The molecule has 128 valence electrons. The van der Waals surface area contributed by atoms with Gasteiger partial charge in [-0.2, -0.15) is 0 Å². The third kappa shape index (κ3) is 4.02. The van der Waals surface area contributed by atoms with Crippen LogP contribution in [0.4, 0.5) is 0 Å². The lowest BCUT2D eigenvalue weighted by Crippen LogP contribution is -2.31. The lowest BCUT2D eigenvalue weighted by Gasteiger charge is -2.13. The average Bonchev–Trinajstić information content (AvgIpc) is 3.04. The van der Waals surface area contributed by atoms with Crippen molar-refractivity contribution < 1.29 is 33.7 Å². The van der Waals surface area contributed by atoms with Gasteiger partial charge in [-0.15, -0.1) is 5.10 Å². The van der Waals surface area contributed by atoms with Gasteiger partial charge in [-0.25, -0.2) is 9.67 Å². The predicted octanol–water partition coefficient (Wildman–Crippen LogP) is -1.27. The van der Waals surface area contributed by atoms with Crippen molar-refractivity contribution in [3.63, 3.8) is 0 Å². The van der Waals surface area contributed by atoms with Gasteiger partial charge in [-0.05, 0) is 13.0 Å². The smallest absolute Gasteiger partial charge is 0.351 e. The summed E-state index contributed by atoms with van der Waals surface area (Å²) >= 11 is 0. The number of carbonyl (C=O) groups is 1. The summed E-state index contributed by atoms with van der Waals surface area (Å²) in [4.78, 5) is 24.0. The molecule has 0 spiro atoms. The van der Waals surface area contributed by atoms with Crippen LogP contribution in [0.5, 0.6) is 0 Å². The van der Waals surface area contributed by atoms with Crippen molar-refractivity contribution in [2.45, 2.75) is 31.5 Å². The monoisotopic (exact) mass is 348 g/mol. The van der Waals surface area contributed by atoms with Crippen molar-refractivity contribution in [1.29, 1.82) is 0 Å². The minimum atomic E-state index is -3.94. The summed E-state index contributed by atoms with van der Waals surface area (Å²) in [5.41, 5.74) is 5.03. The number of carbonyl (C=O) groups excluding carboxylic acids is 1. The Morgan fingerprint density at radius 2 is 2.26 bits per heavy atom. The molecule has 1 amide bonds. The first-order valence-corrected chi connectivity index (χ1v) is 8.28. The van der Waals surface area contributed by atoms with Crippen LogP contribution in [0.1, 0.15) is 23.8 Å². The fourth-order valence-corrected chi connectivity index (χ4v) is 2.84. The molecule has 0 bridgehead atoms. The first-order valence-electron chi connectivity index (χ1n) is 6.64. The number of nitrogens with zero attached hydrogens (tertiary/aromatic N) is 3. The van der Waals surface area contributed by atoms with E-state index in [1.165, 1.54) is 0 Å². The molecule has 11 nitrogen and oxygen atoms in total. The number of aromatic nitrogens is 3. The summed E-state index contributed by atoms with van der Waals surface area (Å²) in [6, 6.07) is 0. The zero-order chi connectivity index (χ0) is 17.2. The maximum atomic E-state index is 11.6. The maximum Gasteiger partial charge on any atom is 0.351 e. The summed E-state index contributed by atoms with van der Waals surface area (Å²) in [5.74, 6) is -0.257. The van der Waals surface area contributed by atoms with E-state index in [1.807, 2.05) is 0 Å². The standard InChI is InChI=1S/C11H17N4O7P/c1-2-21-23(19,20)4-3-6-7(16)8(17)11(22-6)15-5-13-10(14-15)9(12)18/h3-8,11,16-17H,2H2,1H3,(H2,12,18)(H,19,20)/b4-3+/t6?,7-,8-,11?/m1/s1. The first-order chi connectivity index (χ1) is 10.7. The Morgan fingerprint density at radius 1 is 1.57 bits per heavy atom. The van der Waals surface area contributed by atoms with Crippen LogP contribution in [0.2, 0.25) is 0 Å². The van der Waals surface area contributed by atoms with E-state index in [4.69, 9.17) is 10.5 Å². The van der Waals surface area contributed by atoms with E-state index in [0.717, 1.165) is 22.9 Å². The van der Waals surface area contributed by atoms with Crippen LogP contribution < -0.4 is 5.73 Å². The van der Waals surface area contributed by atoms with Crippen molar-refractivity contribution >= 4 is 13.5 Å². The van der Waals surface area contributed by atoms with Crippen molar-refractivity contribution in [3.8, 4) is 0 Å². The number of aliphatic hydroxyl groups excluding tert-OH is 2. The quantitative estimate of drug-likeness (QED) is 0.458. The molecular weight excluding hydrogens is 331 g/mol. The highest BCUT2D eigenvalue weighted by Gasteiger charge is 2.43. The van der Waals surface area contributed by atoms with E-state index in [2.05, 4.69) is 14.6 Å². The van der Waals surface area contributed by atoms with Gasteiger partial charge in [-0.1, -0.05) is 0 Å². The molecule has 5 atom stereocenters. The number of hydrogen-bond acceptors (Lipinski definition) is 8. The van der Waals surface area contributed by atoms with Gasteiger partial charge in [0.25, 0.3) is 5.91 Å². The van der Waals surface area contributed by atoms with Crippen LogP contribution in [0.3, 0.4) is 0 Å². The molecule has 1 fully saturated rings. The summed E-state index contributed by atoms with van der Waals surface area (Å²) in [5, 5.41) is 23.7. The highest BCUT2D eigenvalue weighted by Crippen LogP contribution is 2.44. The Balaban J connectivity index is 2.13. The van der Waals surface area contributed by atoms with Gasteiger partial charge in [0.2, 0.25) is 5.82 Å². The summed E-state index contributed by atoms with van der Waals surface area (Å²) in [7, 11) is -3.94. The van der Waals surface area contributed by atoms with Gasteiger partial charge in [0.1, 0.15) is 24.6 Å². The number of aliphatic hydroxyl groups is 2. The lowest BCUT2D eigenvalue weighted by atomic mass is 10.1. The Labute approximate surface area is 130 Å². The molecule has 1 aromatic heterocycles. The van der Waals surface area contributed by atoms with Crippen LogP contribution in [-0.2, 0) is 13.8 Å². The number of nitrogens with two attached hydrogens (primary N) is 1. The second kappa shape index (κ2) is 6.87. The van der Waals surface area contributed by atoms with E-state index in [-0.39, 0.29) is 12.4 Å². The normalized spacial score (nSPS) is 30.6. The van der Waals surface area contributed by atoms with E-state index >= 15 is 0 Å². The van der Waals surface area contributed by atoms with Crippen LogP contribution in [0.25, 0.3) is 0 Å². The fraction of sp³-hybridized carbons (Fsp3) is 0.545. The minimum absolute atomic E-state index is 0.0340. The van der Waals surface area contributed by atoms with Gasteiger partial charge >= 0.3 is 7.60 Å². The van der Waals surface area contributed by atoms with E-state index < -0.39 is 38.0 Å². The number of rotatable bonds is 6. The Kier molecular flexibility index (Phi) is 5.30. The lowest BCUT2D eigenvalue weighted by molar-refractivity contribution is -0.0346. The molecule has 23 heavy (non-hydrogen) atoms. The van der Waals surface area contributed by atoms with Crippen molar-refractivity contribution in [2.24, 2.45) is 5.73 Å². The molecule has 1 aliphatic heterocycles. The number of primary amides is 1. The molecule has 0 radical (unpaired) electrons. The summed E-state index contributed by atoms with van der Waals surface area (Å²) in [6.45, 7) is 1.59. The van der Waals surface area contributed by atoms with Gasteiger partial charge in [0, 0.05) is 5.82 Å². The molecule has 2 heterocycles. The Morgan fingerprint density at radius 3 is 2.83 bits per heavy atom. The highest BCUT2D eigenvalue weighted by atomic mass is 31.2. The van der Waals surface area contributed by atoms with Crippen LogP contribution in [0, 0.1) is 0 Å². The predicted molar refractivity (Wildman–Crippen MR) is 75.1 cm³/mol. The molecule has 12 heteroatoms. The maximum absolute atomic E-state index is 11.6. The molecule has 1 aliphatic rings. The molecule has 5 N–H and O–H groups in total. The van der Waals surface area contributed by atoms with Gasteiger partial charge in [-0.3, -0.25) is 9.36 Å². The van der Waals surface area contributed by atoms with Crippen LogP contribution in [0.15, 0.2) is 18.2 Å². The van der Waals surface area contributed by atoms with Gasteiger partial charge in [0.05, 0.1) is 6.61 Å². The molecule has 2 rings (SSSR count). The van der Waals surface area contributed by atoms with Crippen LogP contribution in [-0.4, -0.2) is 60.7 Å². The zero-order valence-corrected chi connectivity index (χ0v) is 13.0. The Bertz CT molecular complexity index is 648. The second-order valence-corrected chi connectivity index (χ2v) is 6.39. The SMILES string of the molecule is CCOP(=O)(O)/C=C/C1OC(n2cnc(C(N)=O)n2)[C@H](O)[C@@H]1O. The largest absolute Gasteiger partial charge is 0.387 e. The average molecular weight is 348 g/mol. The van der Waals surface area contributed by atoms with E-state index in [0.29, 0.717) is 0 Å². The number of amides is 1. The van der Waals surface area contributed by atoms with Crippen molar-refractivity contribution in [3.05, 3.63) is 24.0 Å². The topological polar surface area (TPSA) is 170 Å². The molecule has 1 saturated heterocycles. The van der Waals surface area contributed by atoms with Crippen molar-refractivity contribution in [1.82, 2.24) is 14.8 Å². The fourth-order valence-electron chi connectivity index (χ4n) is 2.00. The third-order valence-corrected chi connectivity index (χ3v) is 4.22. The number of ether oxygens (including phenoxy) is 1.